The average Bonchev–Trinajstić information content (AvgIpc) is 2.73. The lowest BCUT2D eigenvalue weighted by atomic mass is 10.2. The molecule has 1 atom stereocenters. The van der Waals surface area contributed by atoms with Crippen LogP contribution in [0.4, 0.5) is 5.95 Å². The van der Waals surface area contributed by atoms with Crippen molar-refractivity contribution in [1.82, 2.24) is 9.97 Å². The molecule has 1 unspecified atom stereocenters. The Balaban J connectivity index is 2.25. The summed E-state index contributed by atoms with van der Waals surface area (Å²) in [6.45, 7) is 2.20. The summed E-state index contributed by atoms with van der Waals surface area (Å²) >= 11 is 3.18. The van der Waals surface area contributed by atoms with E-state index in [2.05, 4.69) is 9.97 Å². The summed E-state index contributed by atoms with van der Waals surface area (Å²) in [6.07, 6.45) is 0. The van der Waals surface area contributed by atoms with Crippen LogP contribution in [0.15, 0.2) is 16.5 Å². The van der Waals surface area contributed by atoms with Crippen LogP contribution in [0.25, 0.3) is 10.2 Å². The summed E-state index contributed by atoms with van der Waals surface area (Å²) in [7, 11) is 0. The third-order valence-electron chi connectivity index (χ3n) is 2.12. The number of rotatable bonds is 4. The molecule has 0 bridgehead atoms. The third-order valence-corrected chi connectivity index (χ3v) is 4.25. The van der Waals surface area contributed by atoms with Crippen LogP contribution in [0, 0.1) is 5.92 Å². The number of aliphatic hydroxyl groups excluding tert-OH is 1. The number of nitrogen functional groups attached to an aromatic ring is 1. The lowest BCUT2D eigenvalue weighted by Crippen LogP contribution is -2.04. The quantitative estimate of drug-likeness (QED) is 0.646. The summed E-state index contributed by atoms with van der Waals surface area (Å²) in [4.78, 5) is 9.32. The maximum Gasteiger partial charge on any atom is 0.222 e. The van der Waals surface area contributed by atoms with E-state index < -0.39 is 0 Å². The SMILES string of the molecule is CC(CO)CSc1nc(N)nc2sccc12. The van der Waals surface area contributed by atoms with Crippen molar-refractivity contribution in [2.75, 3.05) is 18.1 Å². The molecular weight excluding hydrogens is 242 g/mol. The van der Waals surface area contributed by atoms with Gasteiger partial charge in [-0.25, -0.2) is 9.97 Å². The molecule has 0 aliphatic carbocycles. The van der Waals surface area contributed by atoms with Crippen molar-refractivity contribution in [3.8, 4) is 0 Å². The van der Waals surface area contributed by atoms with Gasteiger partial charge in [0.15, 0.2) is 0 Å². The molecule has 0 saturated carbocycles. The van der Waals surface area contributed by atoms with Gasteiger partial charge in [-0.1, -0.05) is 6.92 Å². The molecule has 0 spiro atoms. The summed E-state index contributed by atoms with van der Waals surface area (Å²) in [5, 5.41) is 12.9. The number of hydrogen-bond donors (Lipinski definition) is 2. The fraction of sp³-hybridized carbons (Fsp3) is 0.400. The lowest BCUT2D eigenvalue weighted by molar-refractivity contribution is 0.250. The van der Waals surface area contributed by atoms with E-state index in [9.17, 15) is 0 Å². The zero-order valence-electron chi connectivity index (χ0n) is 8.88. The Morgan fingerprint density at radius 1 is 1.56 bits per heavy atom. The van der Waals surface area contributed by atoms with E-state index >= 15 is 0 Å². The van der Waals surface area contributed by atoms with Crippen LogP contribution in [0.1, 0.15) is 6.92 Å². The predicted octanol–water partition coefficient (Wildman–Crippen LogP) is 1.99. The highest BCUT2D eigenvalue weighted by atomic mass is 32.2. The third kappa shape index (κ3) is 2.45. The Morgan fingerprint density at radius 2 is 2.38 bits per heavy atom. The van der Waals surface area contributed by atoms with E-state index in [4.69, 9.17) is 10.8 Å². The number of thiophene rings is 1. The normalized spacial score (nSPS) is 13.1. The fourth-order valence-corrected chi connectivity index (χ4v) is 3.09. The van der Waals surface area contributed by atoms with Crippen LogP contribution in [0.3, 0.4) is 0 Å². The molecule has 0 radical (unpaired) electrons. The molecule has 0 saturated heterocycles. The standard InChI is InChI=1S/C10H13N3OS2/c1-6(4-14)5-16-9-7-2-3-15-8(7)12-10(11)13-9/h2-3,6,14H,4-5H2,1H3,(H2,11,12,13). The number of hydrogen-bond acceptors (Lipinski definition) is 6. The topological polar surface area (TPSA) is 72.0 Å². The van der Waals surface area contributed by atoms with Gasteiger partial charge in [-0.15, -0.1) is 23.1 Å². The molecule has 6 heteroatoms. The molecular formula is C10H13N3OS2. The first-order valence-corrected chi connectivity index (χ1v) is 6.81. The maximum atomic E-state index is 8.97. The van der Waals surface area contributed by atoms with Gasteiger partial charge < -0.3 is 10.8 Å². The Bertz CT molecular complexity index is 486. The molecule has 2 rings (SSSR count). The highest BCUT2D eigenvalue weighted by Crippen LogP contribution is 2.30. The average molecular weight is 255 g/mol. The minimum Gasteiger partial charge on any atom is -0.396 e. The van der Waals surface area contributed by atoms with Crippen LogP contribution >= 0.6 is 23.1 Å². The second kappa shape index (κ2) is 4.99. The van der Waals surface area contributed by atoms with Crippen molar-refractivity contribution < 1.29 is 5.11 Å². The van der Waals surface area contributed by atoms with Crippen LogP contribution < -0.4 is 5.73 Å². The highest BCUT2D eigenvalue weighted by molar-refractivity contribution is 7.99. The van der Waals surface area contributed by atoms with Crippen molar-refractivity contribution in [3.63, 3.8) is 0 Å². The van der Waals surface area contributed by atoms with Gasteiger partial charge >= 0.3 is 0 Å². The molecule has 16 heavy (non-hydrogen) atoms. The van der Waals surface area contributed by atoms with Crippen LogP contribution in [-0.4, -0.2) is 27.4 Å². The second-order valence-corrected chi connectivity index (χ2v) is 5.53. The summed E-state index contributed by atoms with van der Waals surface area (Å²) < 4.78 is 0. The van der Waals surface area contributed by atoms with E-state index in [0.717, 1.165) is 21.0 Å². The maximum absolute atomic E-state index is 8.97. The van der Waals surface area contributed by atoms with Gasteiger partial charge in [0.05, 0.1) is 0 Å². The molecule has 86 valence electrons. The second-order valence-electron chi connectivity index (χ2n) is 3.63. The van der Waals surface area contributed by atoms with Gasteiger partial charge in [-0.05, 0) is 17.4 Å². The first-order chi connectivity index (χ1) is 7.70. The van der Waals surface area contributed by atoms with Crippen molar-refractivity contribution in [3.05, 3.63) is 11.4 Å². The van der Waals surface area contributed by atoms with Crippen molar-refractivity contribution in [2.24, 2.45) is 5.92 Å². The monoisotopic (exact) mass is 255 g/mol. The van der Waals surface area contributed by atoms with E-state index in [0.29, 0.717) is 5.95 Å². The first-order valence-electron chi connectivity index (χ1n) is 4.95. The smallest absolute Gasteiger partial charge is 0.222 e. The Hall–Kier alpha value is -0.850. The van der Waals surface area contributed by atoms with E-state index in [1.807, 2.05) is 18.4 Å². The van der Waals surface area contributed by atoms with Gasteiger partial charge in [0, 0.05) is 17.7 Å². The number of anilines is 1. The van der Waals surface area contributed by atoms with Gasteiger partial charge in [-0.3, -0.25) is 0 Å². The van der Waals surface area contributed by atoms with Crippen LogP contribution in [0.2, 0.25) is 0 Å². The number of fused-ring (bicyclic) bond motifs is 1. The molecule has 0 aliphatic rings. The summed E-state index contributed by atoms with van der Waals surface area (Å²) in [6, 6.07) is 2.01. The Labute approximate surface area is 102 Å². The van der Waals surface area contributed by atoms with Gasteiger partial charge in [-0.2, -0.15) is 0 Å². The van der Waals surface area contributed by atoms with Crippen molar-refractivity contribution >= 4 is 39.3 Å². The number of thioether (sulfide) groups is 1. The van der Waals surface area contributed by atoms with Gasteiger partial charge in [0.1, 0.15) is 9.86 Å². The minimum absolute atomic E-state index is 0.195. The molecule has 2 heterocycles. The van der Waals surface area contributed by atoms with Crippen molar-refractivity contribution in [2.45, 2.75) is 11.9 Å². The molecule has 0 aliphatic heterocycles. The Morgan fingerprint density at radius 3 is 3.12 bits per heavy atom. The van der Waals surface area contributed by atoms with E-state index in [-0.39, 0.29) is 12.5 Å². The first kappa shape index (κ1) is 11.6. The molecule has 0 aromatic carbocycles. The number of aliphatic hydroxyl groups is 1. The number of nitrogens with zero attached hydrogens (tertiary/aromatic N) is 2. The summed E-state index contributed by atoms with van der Waals surface area (Å²) in [5.41, 5.74) is 5.64. The van der Waals surface area contributed by atoms with E-state index in [1.54, 1.807) is 23.1 Å². The molecule has 2 aromatic rings. The summed E-state index contributed by atoms with van der Waals surface area (Å²) in [5.74, 6) is 1.40. The number of aromatic nitrogens is 2. The molecule has 0 fully saturated rings. The Kier molecular flexibility index (Phi) is 3.63. The van der Waals surface area contributed by atoms with Crippen LogP contribution in [0.5, 0.6) is 0 Å². The molecule has 0 amide bonds. The fourth-order valence-electron chi connectivity index (χ4n) is 1.23. The van der Waals surface area contributed by atoms with E-state index in [1.165, 1.54) is 0 Å². The van der Waals surface area contributed by atoms with Gasteiger partial charge in [0.2, 0.25) is 5.95 Å². The zero-order chi connectivity index (χ0) is 11.5. The molecule has 4 nitrogen and oxygen atoms in total. The minimum atomic E-state index is 0.195. The lowest BCUT2D eigenvalue weighted by Gasteiger charge is -2.07. The largest absolute Gasteiger partial charge is 0.396 e. The number of nitrogens with two attached hydrogens (primary N) is 1. The molecule has 3 N–H and O–H groups in total. The molecule has 2 aromatic heterocycles. The highest BCUT2D eigenvalue weighted by Gasteiger charge is 2.09. The van der Waals surface area contributed by atoms with Crippen LogP contribution in [-0.2, 0) is 0 Å². The van der Waals surface area contributed by atoms with Crippen molar-refractivity contribution in [1.29, 1.82) is 0 Å². The predicted molar refractivity (Wildman–Crippen MR) is 68.8 cm³/mol. The zero-order valence-corrected chi connectivity index (χ0v) is 10.5. The van der Waals surface area contributed by atoms with Gasteiger partial charge in [0.25, 0.3) is 0 Å².